The quantitative estimate of drug-likeness (QED) is 0.863. The van der Waals surface area contributed by atoms with Gasteiger partial charge in [0, 0.05) is 12.4 Å². The summed E-state index contributed by atoms with van der Waals surface area (Å²) in [6.07, 6.45) is 9.97. The van der Waals surface area contributed by atoms with Crippen LogP contribution in [-0.2, 0) is 0 Å². The van der Waals surface area contributed by atoms with E-state index in [0.717, 1.165) is 18.2 Å². The van der Waals surface area contributed by atoms with Gasteiger partial charge in [0.15, 0.2) is 0 Å². The van der Waals surface area contributed by atoms with Crippen LogP contribution in [0.25, 0.3) is 0 Å². The van der Waals surface area contributed by atoms with Crippen LogP contribution in [0.15, 0.2) is 18.5 Å². The molecule has 0 aromatic carbocycles. The van der Waals surface area contributed by atoms with Crippen LogP contribution < -0.4 is 5.73 Å². The van der Waals surface area contributed by atoms with Crippen molar-refractivity contribution in [1.82, 2.24) is 9.97 Å². The SMILES string of the molecule is Cl.NC(CC1CCCC1)c1ncccn1. The Morgan fingerprint density at radius 3 is 2.47 bits per heavy atom. The summed E-state index contributed by atoms with van der Waals surface area (Å²) >= 11 is 0. The fourth-order valence-electron chi connectivity index (χ4n) is 2.21. The van der Waals surface area contributed by atoms with Gasteiger partial charge in [0.25, 0.3) is 0 Å². The zero-order valence-electron chi connectivity index (χ0n) is 8.80. The van der Waals surface area contributed by atoms with Crippen LogP contribution in [0.5, 0.6) is 0 Å². The van der Waals surface area contributed by atoms with Gasteiger partial charge in [0.2, 0.25) is 0 Å². The zero-order chi connectivity index (χ0) is 9.80. The fourth-order valence-corrected chi connectivity index (χ4v) is 2.21. The first-order valence-electron chi connectivity index (χ1n) is 5.39. The Morgan fingerprint density at radius 1 is 1.27 bits per heavy atom. The Labute approximate surface area is 96.9 Å². The second-order valence-electron chi connectivity index (χ2n) is 4.10. The normalized spacial score (nSPS) is 18.5. The Balaban J connectivity index is 0.00000112. The van der Waals surface area contributed by atoms with E-state index in [2.05, 4.69) is 9.97 Å². The van der Waals surface area contributed by atoms with Gasteiger partial charge in [-0.05, 0) is 18.4 Å². The predicted molar refractivity (Wildman–Crippen MR) is 62.8 cm³/mol. The summed E-state index contributed by atoms with van der Waals surface area (Å²) < 4.78 is 0. The second kappa shape index (κ2) is 6.03. The van der Waals surface area contributed by atoms with Crippen LogP contribution in [0.4, 0.5) is 0 Å². The molecule has 1 saturated carbocycles. The van der Waals surface area contributed by atoms with Crippen LogP contribution in [0.3, 0.4) is 0 Å². The summed E-state index contributed by atoms with van der Waals surface area (Å²) in [6.45, 7) is 0. The molecule has 1 unspecified atom stereocenters. The minimum Gasteiger partial charge on any atom is -0.321 e. The first-order valence-corrected chi connectivity index (χ1v) is 5.39. The Hall–Kier alpha value is -0.670. The monoisotopic (exact) mass is 227 g/mol. The lowest BCUT2D eigenvalue weighted by molar-refractivity contribution is 0.439. The molecule has 1 aliphatic rings. The van der Waals surface area contributed by atoms with Crippen molar-refractivity contribution < 1.29 is 0 Å². The lowest BCUT2D eigenvalue weighted by Crippen LogP contribution is -2.16. The molecule has 0 saturated heterocycles. The lowest BCUT2D eigenvalue weighted by Gasteiger charge is -2.14. The molecule has 4 heteroatoms. The van der Waals surface area contributed by atoms with Gasteiger partial charge in [-0.15, -0.1) is 12.4 Å². The predicted octanol–water partition coefficient (Wildman–Crippen LogP) is 2.48. The number of hydrogen-bond acceptors (Lipinski definition) is 3. The topological polar surface area (TPSA) is 51.8 Å². The van der Waals surface area contributed by atoms with Crippen molar-refractivity contribution in [2.24, 2.45) is 11.7 Å². The molecule has 1 aliphatic carbocycles. The lowest BCUT2D eigenvalue weighted by atomic mass is 9.98. The van der Waals surface area contributed by atoms with Gasteiger partial charge < -0.3 is 5.73 Å². The van der Waals surface area contributed by atoms with E-state index < -0.39 is 0 Å². The third-order valence-corrected chi connectivity index (χ3v) is 2.98. The van der Waals surface area contributed by atoms with Gasteiger partial charge in [0.05, 0.1) is 6.04 Å². The van der Waals surface area contributed by atoms with Crippen molar-refractivity contribution >= 4 is 12.4 Å². The van der Waals surface area contributed by atoms with E-state index in [1.54, 1.807) is 12.4 Å². The van der Waals surface area contributed by atoms with Crippen molar-refractivity contribution in [3.8, 4) is 0 Å². The van der Waals surface area contributed by atoms with E-state index in [4.69, 9.17) is 5.73 Å². The average Bonchev–Trinajstić information content (AvgIpc) is 2.72. The molecule has 1 atom stereocenters. The number of nitrogens with zero attached hydrogens (tertiary/aromatic N) is 2. The maximum absolute atomic E-state index is 6.05. The summed E-state index contributed by atoms with van der Waals surface area (Å²) in [5.74, 6) is 1.59. The van der Waals surface area contributed by atoms with Crippen molar-refractivity contribution in [2.45, 2.75) is 38.1 Å². The number of rotatable bonds is 3. The van der Waals surface area contributed by atoms with Crippen LogP contribution in [0.2, 0.25) is 0 Å². The summed E-state index contributed by atoms with van der Waals surface area (Å²) in [6, 6.07) is 1.85. The molecule has 1 aromatic heterocycles. The molecule has 1 heterocycles. The van der Waals surface area contributed by atoms with Crippen LogP contribution in [0.1, 0.15) is 44.0 Å². The highest BCUT2D eigenvalue weighted by molar-refractivity contribution is 5.85. The summed E-state index contributed by atoms with van der Waals surface area (Å²) in [5, 5.41) is 0. The standard InChI is InChI=1S/C11H17N3.ClH/c12-10(8-9-4-1-2-5-9)11-13-6-3-7-14-11;/h3,6-7,9-10H,1-2,4-5,8,12H2;1H. The highest BCUT2D eigenvalue weighted by Gasteiger charge is 2.19. The van der Waals surface area contributed by atoms with Crippen LogP contribution in [-0.4, -0.2) is 9.97 Å². The molecule has 1 aromatic rings. The number of halogens is 1. The molecule has 84 valence electrons. The third kappa shape index (κ3) is 3.43. The molecule has 0 aliphatic heterocycles. The van der Waals surface area contributed by atoms with Gasteiger partial charge in [-0.2, -0.15) is 0 Å². The van der Waals surface area contributed by atoms with Crippen LogP contribution >= 0.6 is 12.4 Å². The van der Waals surface area contributed by atoms with E-state index in [9.17, 15) is 0 Å². The molecular formula is C11H18ClN3. The minimum atomic E-state index is 0. The van der Waals surface area contributed by atoms with Crippen LogP contribution in [0, 0.1) is 5.92 Å². The number of nitrogens with two attached hydrogens (primary N) is 1. The van der Waals surface area contributed by atoms with E-state index in [1.165, 1.54) is 25.7 Å². The minimum absolute atomic E-state index is 0. The molecule has 0 spiro atoms. The average molecular weight is 228 g/mol. The largest absolute Gasteiger partial charge is 0.321 e. The van der Waals surface area contributed by atoms with E-state index in [1.807, 2.05) is 6.07 Å². The first kappa shape index (κ1) is 12.4. The fraction of sp³-hybridized carbons (Fsp3) is 0.636. The van der Waals surface area contributed by atoms with Gasteiger partial charge in [0.1, 0.15) is 5.82 Å². The Kier molecular flexibility index (Phi) is 4.99. The maximum Gasteiger partial charge on any atom is 0.144 e. The van der Waals surface area contributed by atoms with E-state index in [0.29, 0.717) is 0 Å². The Bertz CT molecular complexity index is 272. The molecule has 2 N–H and O–H groups in total. The highest BCUT2D eigenvalue weighted by Crippen LogP contribution is 2.30. The second-order valence-corrected chi connectivity index (χ2v) is 4.10. The van der Waals surface area contributed by atoms with Gasteiger partial charge >= 0.3 is 0 Å². The Morgan fingerprint density at radius 2 is 1.87 bits per heavy atom. The molecule has 3 nitrogen and oxygen atoms in total. The number of hydrogen-bond donors (Lipinski definition) is 1. The van der Waals surface area contributed by atoms with Crippen molar-refractivity contribution in [3.05, 3.63) is 24.3 Å². The number of aromatic nitrogens is 2. The highest BCUT2D eigenvalue weighted by atomic mass is 35.5. The summed E-state index contributed by atoms with van der Waals surface area (Å²) in [5.41, 5.74) is 6.05. The van der Waals surface area contributed by atoms with Gasteiger partial charge in [-0.25, -0.2) is 9.97 Å². The first-order chi connectivity index (χ1) is 6.86. The van der Waals surface area contributed by atoms with E-state index in [-0.39, 0.29) is 18.4 Å². The molecule has 15 heavy (non-hydrogen) atoms. The molecule has 0 amide bonds. The molecule has 0 bridgehead atoms. The molecule has 1 fully saturated rings. The molecule has 2 rings (SSSR count). The third-order valence-electron chi connectivity index (χ3n) is 2.98. The van der Waals surface area contributed by atoms with Crippen molar-refractivity contribution in [2.75, 3.05) is 0 Å². The smallest absolute Gasteiger partial charge is 0.144 e. The van der Waals surface area contributed by atoms with Crippen molar-refractivity contribution in [3.63, 3.8) is 0 Å². The van der Waals surface area contributed by atoms with E-state index >= 15 is 0 Å². The molecule has 0 radical (unpaired) electrons. The zero-order valence-corrected chi connectivity index (χ0v) is 9.62. The molecular weight excluding hydrogens is 210 g/mol. The van der Waals surface area contributed by atoms with Gasteiger partial charge in [-0.1, -0.05) is 25.7 Å². The van der Waals surface area contributed by atoms with Gasteiger partial charge in [-0.3, -0.25) is 0 Å². The summed E-state index contributed by atoms with van der Waals surface area (Å²) in [7, 11) is 0. The van der Waals surface area contributed by atoms with Crippen molar-refractivity contribution in [1.29, 1.82) is 0 Å². The maximum atomic E-state index is 6.05. The summed E-state index contributed by atoms with van der Waals surface area (Å²) in [4.78, 5) is 8.37.